The minimum atomic E-state index is -0.0221. The van der Waals surface area contributed by atoms with E-state index < -0.39 is 0 Å². The Morgan fingerprint density at radius 1 is 1.56 bits per heavy atom. The lowest BCUT2D eigenvalue weighted by Gasteiger charge is -2.10. The average Bonchev–Trinajstić information content (AvgIpc) is 3.00. The number of nitrogens with zero attached hydrogens (tertiary/aromatic N) is 3. The highest BCUT2D eigenvalue weighted by atomic mass is 15.1. The number of fused-ring (bicyclic) bond motifs is 1. The SMILES string of the molecule is C[C@H](N)c1nc2cnccc2n1CC1CC1. The van der Waals surface area contributed by atoms with Crippen molar-refractivity contribution in [2.24, 2.45) is 11.7 Å². The van der Waals surface area contributed by atoms with Gasteiger partial charge in [0, 0.05) is 12.7 Å². The van der Waals surface area contributed by atoms with Crippen LogP contribution in [0.4, 0.5) is 0 Å². The third-order valence-corrected chi connectivity index (χ3v) is 3.13. The Balaban J connectivity index is 2.14. The van der Waals surface area contributed by atoms with E-state index in [0.29, 0.717) is 0 Å². The molecule has 2 heterocycles. The van der Waals surface area contributed by atoms with Gasteiger partial charge in [-0.05, 0) is 31.7 Å². The lowest BCUT2D eigenvalue weighted by Crippen LogP contribution is -2.14. The first-order valence-electron chi connectivity index (χ1n) is 5.81. The van der Waals surface area contributed by atoms with Crippen LogP contribution in [0, 0.1) is 5.92 Å². The Labute approximate surface area is 94.5 Å². The quantitative estimate of drug-likeness (QED) is 0.852. The van der Waals surface area contributed by atoms with Gasteiger partial charge in [-0.2, -0.15) is 0 Å². The summed E-state index contributed by atoms with van der Waals surface area (Å²) in [6.45, 7) is 3.04. The van der Waals surface area contributed by atoms with Crippen molar-refractivity contribution < 1.29 is 0 Å². The van der Waals surface area contributed by atoms with Crippen molar-refractivity contribution in [3.05, 3.63) is 24.3 Å². The average molecular weight is 216 g/mol. The zero-order valence-corrected chi connectivity index (χ0v) is 9.43. The van der Waals surface area contributed by atoms with Crippen LogP contribution >= 0.6 is 0 Å². The Morgan fingerprint density at radius 2 is 2.38 bits per heavy atom. The third-order valence-electron chi connectivity index (χ3n) is 3.13. The molecule has 0 aromatic carbocycles. The molecule has 0 radical (unpaired) electrons. The molecule has 2 N–H and O–H groups in total. The molecule has 3 rings (SSSR count). The van der Waals surface area contributed by atoms with Gasteiger partial charge in [0.25, 0.3) is 0 Å². The maximum absolute atomic E-state index is 5.97. The monoisotopic (exact) mass is 216 g/mol. The van der Waals surface area contributed by atoms with Crippen LogP contribution in [0.15, 0.2) is 18.5 Å². The molecule has 84 valence electrons. The third kappa shape index (κ3) is 1.59. The summed E-state index contributed by atoms with van der Waals surface area (Å²) in [4.78, 5) is 8.67. The zero-order chi connectivity index (χ0) is 11.1. The summed E-state index contributed by atoms with van der Waals surface area (Å²) in [7, 11) is 0. The second kappa shape index (κ2) is 3.56. The van der Waals surface area contributed by atoms with E-state index in [4.69, 9.17) is 5.73 Å². The fraction of sp³-hybridized carbons (Fsp3) is 0.500. The van der Waals surface area contributed by atoms with Crippen molar-refractivity contribution in [1.82, 2.24) is 14.5 Å². The fourth-order valence-corrected chi connectivity index (χ4v) is 2.10. The Bertz CT molecular complexity index is 511. The molecule has 2 aromatic rings. The normalized spacial score (nSPS) is 17.9. The number of rotatable bonds is 3. The maximum Gasteiger partial charge on any atom is 0.126 e. The largest absolute Gasteiger partial charge is 0.326 e. The van der Waals surface area contributed by atoms with Crippen molar-refractivity contribution in [2.45, 2.75) is 32.4 Å². The summed E-state index contributed by atoms with van der Waals surface area (Å²) in [5, 5.41) is 0. The number of imidazole rings is 1. The lowest BCUT2D eigenvalue weighted by molar-refractivity contribution is 0.581. The molecular weight excluding hydrogens is 200 g/mol. The molecule has 16 heavy (non-hydrogen) atoms. The van der Waals surface area contributed by atoms with Crippen molar-refractivity contribution in [1.29, 1.82) is 0 Å². The van der Waals surface area contributed by atoms with Crippen LogP contribution in [0.2, 0.25) is 0 Å². The van der Waals surface area contributed by atoms with Crippen LogP contribution in [0.25, 0.3) is 11.0 Å². The molecule has 0 aliphatic heterocycles. The Hall–Kier alpha value is -1.42. The van der Waals surface area contributed by atoms with Crippen LogP contribution in [0.5, 0.6) is 0 Å². The first kappa shape index (κ1) is 9.78. The van der Waals surface area contributed by atoms with Gasteiger partial charge in [0.1, 0.15) is 11.3 Å². The van der Waals surface area contributed by atoms with E-state index in [9.17, 15) is 0 Å². The minimum Gasteiger partial charge on any atom is -0.326 e. The Kier molecular flexibility index (Phi) is 2.17. The first-order chi connectivity index (χ1) is 7.75. The van der Waals surface area contributed by atoms with Gasteiger partial charge >= 0.3 is 0 Å². The lowest BCUT2D eigenvalue weighted by atomic mass is 10.3. The molecule has 0 spiro atoms. The highest BCUT2D eigenvalue weighted by molar-refractivity contribution is 5.74. The molecular formula is C12H16N4. The predicted molar refractivity (Wildman–Crippen MR) is 62.9 cm³/mol. The fourth-order valence-electron chi connectivity index (χ4n) is 2.10. The smallest absolute Gasteiger partial charge is 0.126 e. The van der Waals surface area contributed by atoms with E-state index in [1.165, 1.54) is 12.8 Å². The summed E-state index contributed by atoms with van der Waals surface area (Å²) < 4.78 is 2.26. The summed E-state index contributed by atoms with van der Waals surface area (Å²) in [6.07, 6.45) is 6.30. The number of nitrogens with two attached hydrogens (primary N) is 1. The maximum atomic E-state index is 5.97. The van der Waals surface area contributed by atoms with Gasteiger partial charge in [-0.3, -0.25) is 4.98 Å². The molecule has 4 nitrogen and oxygen atoms in total. The molecule has 2 aromatic heterocycles. The highest BCUT2D eigenvalue weighted by Crippen LogP contribution is 2.33. The van der Waals surface area contributed by atoms with Crippen LogP contribution < -0.4 is 5.73 Å². The zero-order valence-electron chi connectivity index (χ0n) is 9.43. The standard InChI is InChI=1S/C12H16N4/c1-8(13)12-15-10-6-14-5-4-11(10)16(12)7-9-2-3-9/h4-6,8-9H,2-3,7,13H2,1H3/t8-/m0/s1. The molecule has 1 fully saturated rings. The van der Waals surface area contributed by atoms with Crippen molar-refractivity contribution in [3.8, 4) is 0 Å². The summed E-state index contributed by atoms with van der Waals surface area (Å²) in [5.41, 5.74) is 8.09. The molecule has 1 aliphatic rings. The number of hydrogen-bond donors (Lipinski definition) is 1. The van der Waals surface area contributed by atoms with Crippen LogP contribution in [0.3, 0.4) is 0 Å². The molecule has 0 saturated heterocycles. The van der Waals surface area contributed by atoms with Crippen LogP contribution in [-0.4, -0.2) is 14.5 Å². The van der Waals surface area contributed by atoms with Crippen LogP contribution in [-0.2, 0) is 6.54 Å². The molecule has 4 heteroatoms. The Morgan fingerprint density at radius 3 is 3.06 bits per heavy atom. The van der Waals surface area contributed by atoms with Crippen molar-refractivity contribution in [2.75, 3.05) is 0 Å². The summed E-state index contributed by atoms with van der Waals surface area (Å²) >= 11 is 0. The highest BCUT2D eigenvalue weighted by Gasteiger charge is 2.24. The van der Waals surface area contributed by atoms with Gasteiger partial charge < -0.3 is 10.3 Å². The second-order valence-corrected chi connectivity index (χ2v) is 4.68. The van der Waals surface area contributed by atoms with E-state index in [-0.39, 0.29) is 6.04 Å². The van der Waals surface area contributed by atoms with E-state index in [1.807, 2.05) is 25.4 Å². The van der Waals surface area contributed by atoms with Gasteiger partial charge in [-0.25, -0.2) is 4.98 Å². The predicted octanol–water partition coefficient (Wildman–Crippen LogP) is 1.86. The van der Waals surface area contributed by atoms with E-state index in [1.54, 1.807) is 0 Å². The summed E-state index contributed by atoms with van der Waals surface area (Å²) in [6, 6.07) is 2.00. The molecule has 0 bridgehead atoms. The van der Waals surface area contributed by atoms with Gasteiger partial charge in [-0.1, -0.05) is 0 Å². The van der Waals surface area contributed by atoms with E-state index >= 15 is 0 Å². The number of pyridine rings is 1. The molecule has 1 saturated carbocycles. The molecule has 1 aliphatic carbocycles. The first-order valence-corrected chi connectivity index (χ1v) is 5.81. The number of aromatic nitrogens is 3. The van der Waals surface area contributed by atoms with Crippen LogP contribution in [0.1, 0.15) is 31.6 Å². The van der Waals surface area contributed by atoms with Gasteiger partial charge in [0.15, 0.2) is 0 Å². The molecule has 0 amide bonds. The second-order valence-electron chi connectivity index (χ2n) is 4.68. The minimum absolute atomic E-state index is 0.0221. The number of hydrogen-bond acceptors (Lipinski definition) is 3. The topological polar surface area (TPSA) is 56.7 Å². The van der Waals surface area contributed by atoms with Gasteiger partial charge in [0.05, 0.1) is 17.8 Å². The molecule has 0 unspecified atom stereocenters. The van der Waals surface area contributed by atoms with E-state index in [0.717, 1.165) is 29.3 Å². The van der Waals surface area contributed by atoms with Gasteiger partial charge in [-0.15, -0.1) is 0 Å². The van der Waals surface area contributed by atoms with E-state index in [2.05, 4.69) is 14.5 Å². The van der Waals surface area contributed by atoms with Crippen molar-refractivity contribution >= 4 is 11.0 Å². The van der Waals surface area contributed by atoms with Gasteiger partial charge in [0.2, 0.25) is 0 Å². The summed E-state index contributed by atoms with van der Waals surface area (Å²) in [5.74, 6) is 1.80. The molecule has 1 atom stereocenters. The van der Waals surface area contributed by atoms with Crippen molar-refractivity contribution in [3.63, 3.8) is 0 Å².